The molecule has 0 bridgehead atoms. The number of rotatable bonds is 12. The third kappa shape index (κ3) is 9.00. The summed E-state index contributed by atoms with van der Waals surface area (Å²) in [5, 5.41) is 0. The highest BCUT2D eigenvalue weighted by atomic mass is 14.2. The molecule has 0 heterocycles. The molecule has 109 valence electrons. The van der Waals surface area contributed by atoms with E-state index < -0.39 is 0 Å². The van der Waals surface area contributed by atoms with E-state index in [0.717, 1.165) is 24.2 Å². The fourth-order valence-corrected chi connectivity index (χ4v) is 2.76. The van der Waals surface area contributed by atoms with Crippen molar-refractivity contribution in [3.8, 4) is 0 Å². The summed E-state index contributed by atoms with van der Waals surface area (Å²) in [6.07, 6.45) is 13.8. The Morgan fingerprint density at radius 1 is 0.722 bits per heavy atom. The third-order valence-corrected chi connectivity index (χ3v) is 4.79. The summed E-state index contributed by atoms with van der Waals surface area (Å²) in [6, 6.07) is 0. The molecule has 0 saturated carbocycles. The molecule has 0 aromatic rings. The van der Waals surface area contributed by atoms with E-state index in [4.69, 9.17) is 0 Å². The average molecular weight is 253 g/mol. The molecule has 0 aromatic heterocycles. The van der Waals surface area contributed by atoms with Crippen LogP contribution in [0.25, 0.3) is 0 Å². The molecule has 0 amide bonds. The smallest absolute Gasteiger partial charge is 0.0417 e. The Morgan fingerprint density at radius 3 is 1.67 bits per heavy atom. The van der Waals surface area contributed by atoms with Crippen LogP contribution in [0.2, 0.25) is 0 Å². The zero-order valence-corrected chi connectivity index (χ0v) is 13.5. The van der Waals surface area contributed by atoms with Crippen LogP contribution in [0.15, 0.2) is 0 Å². The van der Waals surface area contributed by atoms with Crippen LogP contribution in [-0.2, 0) is 0 Å². The topological polar surface area (TPSA) is 0 Å². The highest BCUT2D eigenvalue weighted by Crippen LogP contribution is 2.24. The van der Waals surface area contributed by atoms with Gasteiger partial charge in [0.1, 0.15) is 0 Å². The van der Waals surface area contributed by atoms with Gasteiger partial charge in [0.05, 0.1) is 0 Å². The van der Waals surface area contributed by atoms with Gasteiger partial charge in [0.15, 0.2) is 0 Å². The first-order chi connectivity index (χ1) is 8.67. The van der Waals surface area contributed by atoms with Crippen molar-refractivity contribution >= 4 is 0 Å². The first-order valence-electron chi connectivity index (χ1n) is 8.46. The Morgan fingerprint density at radius 2 is 1.22 bits per heavy atom. The summed E-state index contributed by atoms with van der Waals surface area (Å²) in [6.45, 7) is 13.4. The van der Waals surface area contributed by atoms with Gasteiger partial charge in [-0.2, -0.15) is 0 Å². The van der Waals surface area contributed by atoms with Crippen LogP contribution < -0.4 is 0 Å². The van der Waals surface area contributed by atoms with Crippen LogP contribution in [0.3, 0.4) is 0 Å². The van der Waals surface area contributed by atoms with Crippen LogP contribution in [0.1, 0.15) is 91.9 Å². The lowest BCUT2D eigenvalue weighted by atomic mass is 9.88. The van der Waals surface area contributed by atoms with Gasteiger partial charge in [0.25, 0.3) is 0 Å². The summed E-state index contributed by atoms with van der Waals surface area (Å²) >= 11 is 0. The zero-order chi connectivity index (χ0) is 13.8. The van der Waals surface area contributed by atoms with Gasteiger partial charge >= 0.3 is 0 Å². The van der Waals surface area contributed by atoms with Crippen molar-refractivity contribution in [1.82, 2.24) is 0 Å². The SMILES string of the molecule is [CH2]CC(CC)CCCC(CC)CCCC(C)CC. The van der Waals surface area contributed by atoms with Crippen LogP contribution in [0.5, 0.6) is 0 Å². The van der Waals surface area contributed by atoms with Gasteiger partial charge in [-0.1, -0.05) is 98.8 Å². The van der Waals surface area contributed by atoms with Gasteiger partial charge in [-0.15, -0.1) is 0 Å². The van der Waals surface area contributed by atoms with Gasteiger partial charge < -0.3 is 0 Å². The van der Waals surface area contributed by atoms with Crippen LogP contribution in [0.4, 0.5) is 0 Å². The molecule has 0 fully saturated rings. The summed E-state index contributed by atoms with van der Waals surface area (Å²) in [5.74, 6) is 2.79. The molecule has 0 saturated heterocycles. The van der Waals surface area contributed by atoms with Crippen molar-refractivity contribution in [2.24, 2.45) is 17.8 Å². The maximum Gasteiger partial charge on any atom is -0.0417 e. The summed E-state index contributed by atoms with van der Waals surface area (Å²) in [5.41, 5.74) is 0. The first-order valence-corrected chi connectivity index (χ1v) is 8.46. The quantitative estimate of drug-likeness (QED) is 0.365. The maximum absolute atomic E-state index is 4.05. The zero-order valence-electron chi connectivity index (χ0n) is 13.5. The molecule has 1 radical (unpaired) electrons. The minimum absolute atomic E-state index is 0.877. The second-order valence-corrected chi connectivity index (χ2v) is 6.21. The van der Waals surface area contributed by atoms with Crippen LogP contribution >= 0.6 is 0 Å². The molecule has 0 aliphatic rings. The van der Waals surface area contributed by atoms with Crippen molar-refractivity contribution in [2.45, 2.75) is 91.9 Å². The Hall–Kier alpha value is 0. The van der Waals surface area contributed by atoms with Gasteiger partial charge in [0, 0.05) is 0 Å². The first kappa shape index (κ1) is 18.0. The van der Waals surface area contributed by atoms with Crippen molar-refractivity contribution in [3.63, 3.8) is 0 Å². The minimum Gasteiger partial charge on any atom is -0.0651 e. The summed E-state index contributed by atoms with van der Waals surface area (Å²) < 4.78 is 0. The molecule has 0 rings (SSSR count). The molecule has 0 aromatic carbocycles. The Balaban J connectivity index is 3.63. The monoisotopic (exact) mass is 253 g/mol. The molecule has 3 unspecified atom stereocenters. The van der Waals surface area contributed by atoms with Gasteiger partial charge in [-0.25, -0.2) is 0 Å². The van der Waals surface area contributed by atoms with Crippen molar-refractivity contribution in [1.29, 1.82) is 0 Å². The molecule has 0 aliphatic heterocycles. The lowest BCUT2D eigenvalue weighted by Crippen LogP contribution is -2.03. The molecule has 0 spiro atoms. The third-order valence-electron chi connectivity index (χ3n) is 4.79. The Bertz CT molecular complexity index is 157. The highest BCUT2D eigenvalue weighted by molar-refractivity contribution is 4.63. The van der Waals surface area contributed by atoms with E-state index in [0.29, 0.717) is 0 Å². The van der Waals surface area contributed by atoms with Gasteiger partial charge in [-0.05, 0) is 17.8 Å². The van der Waals surface area contributed by atoms with Crippen molar-refractivity contribution < 1.29 is 0 Å². The molecular weight excluding hydrogens is 216 g/mol. The summed E-state index contributed by atoms with van der Waals surface area (Å²) in [4.78, 5) is 0. The summed E-state index contributed by atoms with van der Waals surface area (Å²) in [7, 11) is 0. The van der Waals surface area contributed by atoms with E-state index in [1.54, 1.807) is 0 Å². The second-order valence-electron chi connectivity index (χ2n) is 6.21. The molecular formula is C18H37. The molecule has 3 atom stereocenters. The number of hydrogen-bond acceptors (Lipinski definition) is 0. The van der Waals surface area contributed by atoms with Crippen molar-refractivity contribution in [3.05, 3.63) is 6.92 Å². The molecule has 0 nitrogen and oxygen atoms in total. The van der Waals surface area contributed by atoms with E-state index in [1.165, 1.54) is 57.8 Å². The van der Waals surface area contributed by atoms with Crippen LogP contribution in [0, 0.1) is 24.7 Å². The predicted molar refractivity (Wildman–Crippen MR) is 84.7 cm³/mol. The minimum atomic E-state index is 0.877. The lowest BCUT2D eigenvalue weighted by Gasteiger charge is -2.18. The molecule has 0 N–H and O–H groups in total. The van der Waals surface area contributed by atoms with E-state index >= 15 is 0 Å². The fourth-order valence-electron chi connectivity index (χ4n) is 2.76. The largest absolute Gasteiger partial charge is 0.0651 e. The highest BCUT2D eigenvalue weighted by Gasteiger charge is 2.09. The Labute approximate surface area is 117 Å². The average Bonchev–Trinajstić information content (AvgIpc) is 2.41. The standard InChI is InChI=1S/C18H37/c1-6-16(5)12-10-14-18(9-4)15-11-13-17(7-2)8-3/h16-18H,2,6-15H2,1,3-5H3. The fraction of sp³-hybridized carbons (Fsp3) is 0.944. The van der Waals surface area contributed by atoms with E-state index in [1.807, 2.05) is 0 Å². The lowest BCUT2D eigenvalue weighted by molar-refractivity contribution is 0.356. The molecule has 18 heavy (non-hydrogen) atoms. The predicted octanol–water partition coefficient (Wildman–Crippen LogP) is 6.65. The van der Waals surface area contributed by atoms with Gasteiger partial charge in [0.2, 0.25) is 0 Å². The molecule has 0 aliphatic carbocycles. The Kier molecular flexibility index (Phi) is 12.1. The van der Waals surface area contributed by atoms with E-state index in [2.05, 4.69) is 34.6 Å². The normalized spacial score (nSPS) is 15.0. The number of hydrogen-bond donors (Lipinski definition) is 0. The van der Waals surface area contributed by atoms with Crippen molar-refractivity contribution in [2.75, 3.05) is 0 Å². The van der Waals surface area contributed by atoms with E-state index in [9.17, 15) is 0 Å². The maximum atomic E-state index is 4.05. The van der Waals surface area contributed by atoms with Crippen LogP contribution in [-0.4, -0.2) is 0 Å². The van der Waals surface area contributed by atoms with E-state index in [-0.39, 0.29) is 0 Å². The molecule has 0 heteroatoms. The second kappa shape index (κ2) is 12.1. The van der Waals surface area contributed by atoms with Gasteiger partial charge in [-0.3, -0.25) is 0 Å².